The molecule has 1 aromatic carbocycles. The van der Waals surface area contributed by atoms with E-state index in [-0.39, 0.29) is 60.9 Å². The average Bonchev–Trinajstić information content (AvgIpc) is 3.88. The van der Waals surface area contributed by atoms with Crippen LogP contribution in [0.15, 0.2) is 54.4 Å². The number of ether oxygens (including phenoxy) is 5. The van der Waals surface area contributed by atoms with Gasteiger partial charge in [-0.1, -0.05) is 26.8 Å². The molecule has 1 aliphatic carbocycles. The summed E-state index contributed by atoms with van der Waals surface area (Å²) in [6, 6.07) is 9.12. The number of thiazole rings is 1. The summed E-state index contributed by atoms with van der Waals surface area (Å²) in [6.45, 7) is 18.6. The van der Waals surface area contributed by atoms with E-state index in [2.05, 4.69) is 98.9 Å². The lowest BCUT2D eigenvalue weighted by atomic mass is 9.84. The van der Waals surface area contributed by atoms with Crippen LogP contribution in [0.4, 0.5) is 5.69 Å². The second-order valence-electron chi connectivity index (χ2n) is 22.7. The molecule has 8 heterocycles. The molecule has 3 saturated heterocycles. The Morgan fingerprint density at radius 1 is 0.987 bits per heavy atom. The number of likely N-dealkylation sites (N-methyl/N-ethyl adjacent to an activating group) is 1. The van der Waals surface area contributed by atoms with Crippen molar-refractivity contribution in [1.29, 1.82) is 0 Å². The summed E-state index contributed by atoms with van der Waals surface area (Å²) in [6.07, 6.45) is 7.41. The molecule has 5 aliphatic rings. The van der Waals surface area contributed by atoms with Gasteiger partial charge in [0.2, 0.25) is 11.8 Å². The number of carbonyl (C=O) groups excluding carboxylic acids is 3. The number of piperidine rings is 1. The monoisotopic (exact) mass is 1070 g/mol. The molecule has 0 spiro atoms. The average molecular weight is 1080 g/mol. The summed E-state index contributed by atoms with van der Waals surface area (Å²) in [5, 5.41) is 7.18. The molecule has 18 nitrogen and oxygen atoms in total. The predicted molar refractivity (Wildman–Crippen MR) is 296 cm³/mol. The molecule has 1 saturated carbocycles. The number of fused-ring (bicyclic) bond motifs is 6. The smallest absolute Gasteiger partial charge is 0.310 e. The van der Waals surface area contributed by atoms with Gasteiger partial charge in [0.15, 0.2) is 0 Å². The molecule has 19 heteroatoms. The van der Waals surface area contributed by atoms with Gasteiger partial charge in [-0.05, 0) is 82.3 Å². The van der Waals surface area contributed by atoms with E-state index in [1.54, 1.807) is 25.3 Å². The second-order valence-corrected chi connectivity index (χ2v) is 23.6. The number of nitrogens with one attached hydrogen (secondary N) is 1. The number of esters is 1. The van der Waals surface area contributed by atoms with Gasteiger partial charge in [-0.15, -0.1) is 11.3 Å². The van der Waals surface area contributed by atoms with Gasteiger partial charge in [0.1, 0.15) is 17.4 Å². The molecule has 0 radical (unpaired) electrons. The highest BCUT2D eigenvalue weighted by molar-refractivity contribution is 7.10. The van der Waals surface area contributed by atoms with Crippen LogP contribution in [0.5, 0.6) is 0 Å². The van der Waals surface area contributed by atoms with Crippen LogP contribution in [0, 0.1) is 23.2 Å². The summed E-state index contributed by atoms with van der Waals surface area (Å²) < 4.78 is 32.7. The second kappa shape index (κ2) is 23.9. The van der Waals surface area contributed by atoms with Crippen molar-refractivity contribution >= 4 is 45.7 Å². The topological polar surface area (TPSA) is 179 Å². The Morgan fingerprint density at radius 3 is 2.55 bits per heavy atom. The van der Waals surface area contributed by atoms with Crippen molar-refractivity contribution in [2.24, 2.45) is 23.2 Å². The number of methoxy groups -OCH3 is 2. The minimum atomic E-state index is -1.00. The maximum atomic E-state index is 15.4. The molecule has 77 heavy (non-hydrogen) atoms. The molecule has 8 atom stereocenters. The van der Waals surface area contributed by atoms with Gasteiger partial charge in [0.25, 0.3) is 0 Å². The van der Waals surface area contributed by atoms with E-state index >= 15 is 4.79 Å². The van der Waals surface area contributed by atoms with E-state index in [4.69, 9.17) is 33.7 Å². The van der Waals surface area contributed by atoms with E-state index in [9.17, 15) is 9.59 Å². The van der Waals surface area contributed by atoms with Gasteiger partial charge in [0.05, 0.1) is 79.6 Å². The van der Waals surface area contributed by atoms with E-state index in [0.717, 1.165) is 93.7 Å². The van der Waals surface area contributed by atoms with E-state index in [1.165, 1.54) is 17.7 Å². The molecule has 1 unspecified atom stereocenters. The lowest BCUT2D eigenvalue weighted by Crippen LogP contribution is -2.58. The largest absolute Gasteiger partial charge is 0.465 e. The van der Waals surface area contributed by atoms with Crippen LogP contribution in [0.2, 0.25) is 0 Å². The summed E-state index contributed by atoms with van der Waals surface area (Å²) in [4.78, 5) is 72.7. The maximum absolute atomic E-state index is 15.4. The summed E-state index contributed by atoms with van der Waals surface area (Å²) >= 11 is 1.50. The van der Waals surface area contributed by atoms with Crippen LogP contribution >= 0.6 is 11.3 Å². The number of cyclic esters (lactones) is 1. The summed E-state index contributed by atoms with van der Waals surface area (Å²) in [7, 11) is 5.61. The number of rotatable bonds is 15. The first-order chi connectivity index (χ1) is 37.2. The summed E-state index contributed by atoms with van der Waals surface area (Å²) in [5.41, 5.74) is 7.99. The minimum Gasteiger partial charge on any atom is -0.465 e. The molecule has 1 N–H and O–H groups in total. The Bertz CT molecular complexity index is 2860. The number of pyridine rings is 1. The summed E-state index contributed by atoms with van der Waals surface area (Å²) in [5.74, 6) is -1.75. The lowest BCUT2D eigenvalue weighted by Gasteiger charge is -2.41. The molecule has 4 aliphatic heterocycles. The highest BCUT2D eigenvalue weighted by atomic mass is 32.1. The van der Waals surface area contributed by atoms with Crippen molar-refractivity contribution in [3.63, 3.8) is 0 Å². The number of benzene rings is 1. The van der Waals surface area contributed by atoms with Gasteiger partial charge in [-0.2, -0.15) is 0 Å². The number of anilines is 1. The number of amides is 2. The molecule has 4 aromatic heterocycles. The van der Waals surface area contributed by atoms with Crippen LogP contribution < -0.4 is 10.2 Å². The minimum absolute atomic E-state index is 0.0135. The third-order valence-corrected chi connectivity index (χ3v) is 17.6. The number of carbonyl (C=O) groups is 3. The molecule has 6 bridgehead atoms. The quantitative estimate of drug-likeness (QED) is 0.108. The highest BCUT2D eigenvalue weighted by Crippen LogP contribution is 2.53. The number of hydrogen-bond donors (Lipinski definition) is 1. The van der Waals surface area contributed by atoms with Crippen molar-refractivity contribution < 1.29 is 38.1 Å². The molecule has 414 valence electrons. The first-order valence-electron chi connectivity index (χ1n) is 27.7. The van der Waals surface area contributed by atoms with E-state index < -0.39 is 23.4 Å². The fourth-order valence-electron chi connectivity index (χ4n) is 12.1. The van der Waals surface area contributed by atoms with Crippen LogP contribution in [0.25, 0.3) is 33.4 Å². The van der Waals surface area contributed by atoms with Crippen molar-refractivity contribution in [3.8, 4) is 22.5 Å². The van der Waals surface area contributed by atoms with Gasteiger partial charge in [-0.3, -0.25) is 24.3 Å². The van der Waals surface area contributed by atoms with Gasteiger partial charge >= 0.3 is 5.97 Å². The molecule has 2 amide bonds. The van der Waals surface area contributed by atoms with Crippen LogP contribution in [0.1, 0.15) is 93.9 Å². The van der Waals surface area contributed by atoms with Crippen molar-refractivity contribution in [3.05, 3.63) is 76.4 Å². The molecular formula is C58H78N10O8S. The predicted octanol–water partition coefficient (Wildman–Crippen LogP) is 6.79. The zero-order chi connectivity index (χ0) is 54.0. The Morgan fingerprint density at radius 2 is 1.79 bits per heavy atom. The van der Waals surface area contributed by atoms with Gasteiger partial charge in [0, 0.05) is 136 Å². The number of hydrogen-bond acceptors (Lipinski definition) is 16. The number of piperazine rings is 1. The van der Waals surface area contributed by atoms with Crippen LogP contribution in [0.3, 0.4) is 0 Å². The fraction of sp³-hybridized carbons (Fsp3) is 0.603. The SMILES string of the molecule is COCCC(C)OCCn1c(-c2cc(N3CCN(C)CC3)cnc2[C@H](C)OC)c2c3cc(ccc31)-c1csc(n1)[C@@H](N1CCOCC1)[C@H](NC(=O)[C@@H]1[C@@H](C)[C@H]1c1ccncn1)C(=O)N1CCC[C@H](C1)C(=O)OCC(C)(C)C2. The number of aromatic nitrogens is 5. The lowest BCUT2D eigenvalue weighted by molar-refractivity contribution is -0.155. The van der Waals surface area contributed by atoms with Gasteiger partial charge in [-0.25, -0.2) is 15.0 Å². The maximum Gasteiger partial charge on any atom is 0.310 e. The van der Waals surface area contributed by atoms with Crippen molar-refractivity contribution in [1.82, 2.24) is 44.5 Å². The first kappa shape index (κ1) is 54.9. The Hall–Kier alpha value is -5.41. The van der Waals surface area contributed by atoms with Crippen molar-refractivity contribution in [2.45, 2.75) is 97.1 Å². The Balaban J connectivity index is 1.13. The zero-order valence-electron chi connectivity index (χ0n) is 46.2. The molecule has 4 fully saturated rings. The molecular weight excluding hydrogens is 997 g/mol. The van der Waals surface area contributed by atoms with E-state index in [0.29, 0.717) is 71.9 Å². The third-order valence-electron chi connectivity index (χ3n) is 16.7. The highest BCUT2D eigenvalue weighted by Gasteiger charge is 2.55. The van der Waals surface area contributed by atoms with Crippen LogP contribution in [-0.4, -0.2) is 176 Å². The van der Waals surface area contributed by atoms with E-state index in [1.807, 2.05) is 19.2 Å². The number of morpholine rings is 1. The Kier molecular flexibility index (Phi) is 17.1. The van der Waals surface area contributed by atoms with Crippen LogP contribution in [-0.2, 0) is 51.0 Å². The zero-order valence-corrected chi connectivity index (χ0v) is 47.1. The van der Waals surface area contributed by atoms with Gasteiger partial charge < -0.3 is 48.3 Å². The number of nitrogens with zero attached hydrogens (tertiary/aromatic N) is 9. The Labute approximate surface area is 457 Å². The third kappa shape index (κ3) is 12.0. The molecule has 5 aromatic rings. The van der Waals surface area contributed by atoms with Crippen molar-refractivity contribution in [2.75, 3.05) is 112 Å². The fourth-order valence-corrected chi connectivity index (χ4v) is 13.1. The normalized spacial score (nSPS) is 25.3. The first-order valence-corrected chi connectivity index (χ1v) is 28.6. The molecule has 10 rings (SSSR count). The standard InChI is InChI=1S/C58H78N10O8S/c1-36(14-24-72-7)75-27-23-68-47-12-11-39-28-42(47)44(52(68)43-29-41(31-60-50(43)38(3)73-8)65-19-17-64(6)18-20-65)30-58(4,5)34-76-57(71)40-10-9-16-67(32-40)56(70)51(53(55-62-46(39)33-77-55)66-21-25-74-26-22-66)63-54(69)49-37(2)48(49)45-13-15-59-35-61-45/h11-13,15,28-29,31,33,35-38,40,48-49,51,53H,9-10,14,16-27,30,32,34H2,1-8H3,(H,63,69)/t36?,37-,38-,40+,48-,49+,51-,53-/m0/s1.